The van der Waals surface area contributed by atoms with Crippen LogP contribution in [0.1, 0.15) is 88.5 Å². The molecule has 5 aromatic rings. The van der Waals surface area contributed by atoms with Crippen LogP contribution in [-0.4, -0.2) is 153 Å². The number of hydrogen-bond acceptors (Lipinski definition) is 14. The number of nitrogens with zero attached hydrogens (tertiary/aromatic N) is 9. The Balaban J connectivity index is 0.673. The molecule has 10 rings (SSSR count). The van der Waals surface area contributed by atoms with Crippen molar-refractivity contribution in [3.05, 3.63) is 86.9 Å². The fourth-order valence-electron chi connectivity index (χ4n) is 11.1. The van der Waals surface area contributed by atoms with Crippen LogP contribution in [0.3, 0.4) is 0 Å². The van der Waals surface area contributed by atoms with Gasteiger partial charge in [-0.15, -0.1) is 11.3 Å². The summed E-state index contributed by atoms with van der Waals surface area (Å²) in [6.45, 7) is 15.5. The van der Waals surface area contributed by atoms with Gasteiger partial charge in [0.25, 0.3) is 5.91 Å². The number of piperidine rings is 2. The largest absolute Gasteiger partial charge is 0.508 e. The van der Waals surface area contributed by atoms with Gasteiger partial charge >= 0.3 is 6.18 Å². The number of likely N-dealkylation sites (tertiary alicyclic amines) is 2. The summed E-state index contributed by atoms with van der Waals surface area (Å²) < 4.78 is 48.9. The van der Waals surface area contributed by atoms with E-state index in [4.69, 9.17) is 15.5 Å². The van der Waals surface area contributed by atoms with E-state index in [1.807, 2.05) is 24.8 Å². The third-order valence-electron chi connectivity index (χ3n) is 15.2. The summed E-state index contributed by atoms with van der Waals surface area (Å²) >= 11 is 1.57. The van der Waals surface area contributed by atoms with E-state index in [1.54, 1.807) is 22.3 Å². The normalized spacial score (nSPS) is 19.3. The van der Waals surface area contributed by atoms with Crippen molar-refractivity contribution in [1.82, 2.24) is 39.5 Å². The first-order valence-corrected chi connectivity index (χ1v) is 25.9. The van der Waals surface area contributed by atoms with Crippen LogP contribution in [-0.2, 0) is 41.8 Å². The minimum absolute atomic E-state index is 0.00257. The summed E-state index contributed by atoms with van der Waals surface area (Å²) in [6, 6.07) is 12.7. The Labute approximate surface area is 416 Å². The molecule has 0 unspecified atom stereocenters. The number of aromatic nitrogens is 3. The van der Waals surface area contributed by atoms with Gasteiger partial charge in [0.1, 0.15) is 17.3 Å². The minimum Gasteiger partial charge on any atom is -0.508 e. The molecule has 15 nitrogen and oxygen atoms in total. The quantitative estimate of drug-likeness (QED) is 0.125. The fourth-order valence-corrected chi connectivity index (χ4v) is 12.3. The average molecular weight is 997 g/mol. The molecule has 378 valence electrons. The van der Waals surface area contributed by atoms with Crippen molar-refractivity contribution in [3.8, 4) is 22.9 Å². The maximum Gasteiger partial charge on any atom is 0.417 e. The number of ether oxygens (including phenoxy) is 1. The highest BCUT2D eigenvalue weighted by Gasteiger charge is 2.37. The molecule has 0 saturated carbocycles. The molecule has 0 spiro atoms. The van der Waals surface area contributed by atoms with Crippen LogP contribution in [0.15, 0.2) is 48.7 Å². The van der Waals surface area contributed by atoms with Gasteiger partial charge in [0.05, 0.1) is 34.6 Å². The molecule has 0 radical (unpaired) electrons. The second-order valence-corrected chi connectivity index (χ2v) is 21.3. The lowest BCUT2D eigenvalue weighted by atomic mass is 9.94. The number of nitrogen functional groups attached to an aromatic ring is 1. The number of phenolic OH excluding ortho intramolecular Hbond substituents is 2. The summed E-state index contributed by atoms with van der Waals surface area (Å²) in [5, 5.41) is 20.8. The van der Waals surface area contributed by atoms with E-state index in [0.29, 0.717) is 68.9 Å². The second-order valence-electron chi connectivity index (χ2n) is 20.1. The molecule has 0 bridgehead atoms. The van der Waals surface area contributed by atoms with Gasteiger partial charge in [-0.2, -0.15) is 13.2 Å². The van der Waals surface area contributed by atoms with Crippen molar-refractivity contribution in [2.75, 3.05) is 95.8 Å². The zero-order valence-electron chi connectivity index (χ0n) is 40.5. The molecule has 0 aliphatic carbocycles. The molecule has 5 aliphatic rings. The van der Waals surface area contributed by atoms with Crippen molar-refractivity contribution < 1.29 is 37.7 Å². The number of halogens is 3. The monoisotopic (exact) mass is 996 g/mol. The van der Waals surface area contributed by atoms with Crippen LogP contribution in [0.5, 0.6) is 11.5 Å². The van der Waals surface area contributed by atoms with Crippen LogP contribution in [0.2, 0.25) is 0 Å². The number of benzene rings is 2. The summed E-state index contributed by atoms with van der Waals surface area (Å²) in [7, 11) is 0. The van der Waals surface area contributed by atoms with Gasteiger partial charge in [0.2, 0.25) is 5.91 Å². The smallest absolute Gasteiger partial charge is 0.417 e. The van der Waals surface area contributed by atoms with Crippen molar-refractivity contribution in [3.63, 3.8) is 0 Å². The molecule has 8 heterocycles. The summed E-state index contributed by atoms with van der Waals surface area (Å²) in [4.78, 5) is 55.1. The molecular formula is C52H63F3N10O5S. The molecule has 0 atom stereocenters. The number of thiophene rings is 1. The van der Waals surface area contributed by atoms with Crippen molar-refractivity contribution >= 4 is 45.0 Å². The Bertz CT molecular complexity index is 2760. The Hall–Kier alpha value is -5.60. The van der Waals surface area contributed by atoms with Crippen LogP contribution in [0, 0.1) is 5.92 Å². The third-order valence-corrected chi connectivity index (χ3v) is 16.3. The van der Waals surface area contributed by atoms with Crippen LogP contribution in [0.4, 0.5) is 24.8 Å². The lowest BCUT2D eigenvalue weighted by Crippen LogP contribution is -2.55. The molecule has 3 aromatic heterocycles. The SMILES string of the molecule is CC(C)c1cc(C(=O)N2Cc3ccc(CCN4CCC(N5CCN(C(=O)C6CCN(Cc7cc8nc(-c9cnc(N)cc9C(F)(F)F)nc(N9CCOCC9)c8s7)CC6)CC5)CC4)cc3C2)c(O)cc1O. The Morgan fingerprint density at radius 1 is 0.831 bits per heavy atom. The molecule has 71 heavy (non-hydrogen) atoms. The van der Waals surface area contributed by atoms with Gasteiger partial charge in [-0.3, -0.25) is 19.4 Å². The van der Waals surface area contributed by atoms with E-state index in [1.165, 1.54) is 11.6 Å². The van der Waals surface area contributed by atoms with Crippen molar-refractivity contribution in [2.24, 2.45) is 5.92 Å². The molecule has 4 N–H and O–H groups in total. The maximum absolute atomic E-state index is 14.2. The van der Waals surface area contributed by atoms with Gasteiger partial charge in [0.15, 0.2) is 11.6 Å². The number of carbonyl (C=O) groups is 2. The number of carbonyl (C=O) groups excluding carboxylic acids is 2. The van der Waals surface area contributed by atoms with Gasteiger partial charge in [-0.1, -0.05) is 32.0 Å². The number of alkyl halides is 3. The minimum atomic E-state index is -4.67. The first-order valence-electron chi connectivity index (χ1n) is 25.0. The molecule has 2 aromatic carbocycles. The van der Waals surface area contributed by atoms with Gasteiger partial charge in [-0.05, 0) is 105 Å². The second kappa shape index (κ2) is 20.5. The lowest BCUT2D eigenvalue weighted by Gasteiger charge is -2.43. The highest BCUT2D eigenvalue weighted by atomic mass is 32.1. The zero-order chi connectivity index (χ0) is 49.6. The number of piperazine rings is 1. The van der Waals surface area contributed by atoms with Crippen molar-refractivity contribution in [1.29, 1.82) is 0 Å². The van der Waals surface area contributed by atoms with E-state index in [9.17, 15) is 33.0 Å². The number of hydrogen-bond donors (Lipinski definition) is 3. The topological polar surface area (TPSA) is 168 Å². The van der Waals surface area contributed by atoms with E-state index in [-0.39, 0.29) is 57.9 Å². The Kier molecular flexibility index (Phi) is 14.1. The molecule has 4 saturated heterocycles. The number of anilines is 2. The summed E-state index contributed by atoms with van der Waals surface area (Å²) in [6.07, 6.45) is 1.15. The summed E-state index contributed by atoms with van der Waals surface area (Å²) in [5.74, 6) is 0.143. The van der Waals surface area contributed by atoms with Gasteiger partial charge < -0.3 is 40.3 Å². The lowest BCUT2D eigenvalue weighted by molar-refractivity contribution is -0.139. The van der Waals surface area contributed by atoms with Crippen LogP contribution in [0.25, 0.3) is 21.6 Å². The first-order chi connectivity index (χ1) is 34.1. The van der Waals surface area contributed by atoms with E-state index >= 15 is 0 Å². The molecule has 2 amide bonds. The predicted molar refractivity (Wildman–Crippen MR) is 266 cm³/mol. The predicted octanol–water partition coefficient (Wildman–Crippen LogP) is 6.94. The van der Waals surface area contributed by atoms with Gasteiger partial charge in [0, 0.05) is 100 Å². The van der Waals surface area contributed by atoms with E-state index in [0.717, 1.165) is 124 Å². The number of fused-ring (bicyclic) bond motifs is 2. The Morgan fingerprint density at radius 3 is 2.27 bits per heavy atom. The number of pyridine rings is 1. The number of morpholine rings is 1. The highest BCUT2D eigenvalue weighted by Crippen LogP contribution is 2.41. The maximum atomic E-state index is 14.2. The fraction of sp³-hybridized carbons (Fsp3) is 0.519. The Morgan fingerprint density at radius 2 is 1.55 bits per heavy atom. The average Bonchev–Trinajstić information content (AvgIpc) is 3.99. The zero-order valence-corrected chi connectivity index (χ0v) is 41.3. The number of amides is 2. The van der Waals surface area contributed by atoms with Gasteiger partial charge in [-0.25, -0.2) is 15.0 Å². The van der Waals surface area contributed by atoms with E-state index in [2.05, 4.69) is 47.8 Å². The molecule has 19 heteroatoms. The highest BCUT2D eigenvalue weighted by molar-refractivity contribution is 7.19. The number of nitrogens with two attached hydrogens (primary N) is 1. The molecule has 5 aliphatic heterocycles. The molecule has 4 fully saturated rings. The third kappa shape index (κ3) is 10.7. The molecular weight excluding hydrogens is 934 g/mol. The van der Waals surface area contributed by atoms with Crippen LogP contribution >= 0.6 is 11.3 Å². The summed E-state index contributed by atoms with van der Waals surface area (Å²) in [5.41, 5.74) is 9.49. The van der Waals surface area contributed by atoms with Crippen molar-refractivity contribution in [2.45, 2.75) is 83.7 Å². The number of rotatable bonds is 11. The first kappa shape index (κ1) is 49.0. The standard InChI is InChI=1S/C52H63F3N10O5S/c1-32(2)39-25-40(45(67)27-44(39)66)51(69)65-29-35-4-3-33(23-36(35)30-65)5-10-60-13-8-37(9-14-60)62-15-17-64(18-16-62)50(68)34-6-11-61(12-7-34)31-38-24-43-47(71-38)49(63-19-21-70-22-20-63)59-48(58-43)41-28-57-46(56)26-42(41)52(53,54)55/h3-4,23-28,32,34,37,66-67H,5-22,29-31H2,1-2H3,(H2,56,57). The van der Waals surface area contributed by atoms with Crippen LogP contribution < -0.4 is 10.6 Å². The number of aromatic hydroxyl groups is 2. The van der Waals surface area contributed by atoms with E-state index < -0.39 is 11.7 Å². The number of phenols is 2.